The minimum atomic E-state index is -0.0160. The molecule has 138 valence electrons. The molecule has 0 aliphatic heterocycles. The molecule has 5 nitrogen and oxygen atoms in total. The molecule has 2 N–H and O–H groups in total. The molecule has 0 unspecified atom stereocenters. The van der Waals surface area contributed by atoms with Gasteiger partial charge in [-0.05, 0) is 36.1 Å². The predicted octanol–water partition coefficient (Wildman–Crippen LogP) is 3.73. The Morgan fingerprint density at radius 1 is 1.11 bits per heavy atom. The molecule has 3 rings (SSSR count). The van der Waals surface area contributed by atoms with E-state index in [1.807, 2.05) is 42.5 Å². The molecule has 0 atom stereocenters. The highest BCUT2D eigenvalue weighted by Crippen LogP contribution is 2.14. The first kappa shape index (κ1) is 18.9. The number of amides is 1. The van der Waals surface area contributed by atoms with Crippen LogP contribution >= 0.6 is 11.8 Å². The Morgan fingerprint density at radius 3 is 2.70 bits per heavy atom. The third kappa shape index (κ3) is 6.11. The molecule has 1 amide bonds. The zero-order valence-corrected chi connectivity index (χ0v) is 16.0. The largest absolute Gasteiger partial charge is 0.355 e. The Balaban J connectivity index is 1.42. The summed E-state index contributed by atoms with van der Waals surface area (Å²) in [5, 5.41) is 10.5. The fraction of sp³-hybridized carbons (Fsp3) is 0.190. The lowest BCUT2D eigenvalue weighted by atomic mass is 10.1. The van der Waals surface area contributed by atoms with E-state index in [9.17, 15) is 4.79 Å². The molecular formula is C21H22N4OS. The van der Waals surface area contributed by atoms with Crippen molar-refractivity contribution < 1.29 is 4.79 Å². The smallest absolute Gasteiger partial charge is 0.230 e. The van der Waals surface area contributed by atoms with Crippen LogP contribution in [0.15, 0.2) is 59.8 Å². The maximum Gasteiger partial charge on any atom is 0.230 e. The van der Waals surface area contributed by atoms with Crippen molar-refractivity contribution in [2.45, 2.75) is 18.5 Å². The first-order valence-electron chi connectivity index (χ1n) is 8.80. The quantitative estimate of drug-likeness (QED) is 0.586. The summed E-state index contributed by atoms with van der Waals surface area (Å²) < 4.78 is 0. The van der Waals surface area contributed by atoms with Crippen LogP contribution < -0.4 is 5.32 Å². The van der Waals surface area contributed by atoms with E-state index >= 15 is 0 Å². The first-order chi connectivity index (χ1) is 13.2. The van der Waals surface area contributed by atoms with Crippen LogP contribution in [0.4, 0.5) is 0 Å². The van der Waals surface area contributed by atoms with Crippen LogP contribution in [0, 0.1) is 6.92 Å². The van der Waals surface area contributed by atoms with E-state index in [1.54, 1.807) is 0 Å². The number of hydrogen-bond acceptors (Lipinski definition) is 4. The van der Waals surface area contributed by atoms with Crippen LogP contribution in [0.25, 0.3) is 12.2 Å². The lowest BCUT2D eigenvalue weighted by molar-refractivity contribution is -0.118. The average molecular weight is 379 g/mol. The van der Waals surface area contributed by atoms with Gasteiger partial charge in [0.15, 0.2) is 0 Å². The van der Waals surface area contributed by atoms with E-state index in [2.05, 4.69) is 51.7 Å². The maximum absolute atomic E-state index is 11.9. The fourth-order valence-electron chi connectivity index (χ4n) is 2.51. The summed E-state index contributed by atoms with van der Waals surface area (Å²) in [5.74, 6) is 0.955. The predicted molar refractivity (Wildman–Crippen MR) is 110 cm³/mol. The summed E-state index contributed by atoms with van der Waals surface area (Å²) in [7, 11) is 0. The molecule has 0 aliphatic carbocycles. The molecule has 27 heavy (non-hydrogen) atoms. The second-order valence-corrected chi connectivity index (χ2v) is 7.01. The summed E-state index contributed by atoms with van der Waals surface area (Å²) in [6.45, 7) is 2.69. The monoisotopic (exact) mass is 378 g/mol. The molecule has 0 saturated heterocycles. The van der Waals surface area contributed by atoms with Crippen LogP contribution in [0.2, 0.25) is 0 Å². The molecule has 6 heteroatoms. The van der Waals surface area contributed by atoms with E-state index in [1.165, 1.54) is 22.9 Å². The van der Waals surface area contributed by atoms with E-state index in [-0.39, 0.29) is 5.91 Å². The van der Waals surface area contributed by atoms with E-state index in [4.69, 9.17) is 0 Å². The molecular weight excluding hydrogens is 356 g/mol. The van der Waals surface area contributed by atoms with Crippen molar-refractivity contribution in [1.29, 1.82) is 0 Å². The number of nitrogens with one attached hydrogen (secondary N) is 2. The normalized spacial score (nSPS) is 11.0. The number of carbonyl (C=O) groups excluding carboxylic acids is 1. The Morgan fingerprint density at radius 2 is 1.89 bits per heavy atom. The van der Waals surface area contributed by atoms with E-state index in [0.717, 1.165) is 12.0 Å². The highest BCUT2D eigenvalue weighted by molar-refractivity contribution is 7.99. The molecule has 0 saturated carbocycles. The molecule has 0 fully saturated rings. The van der Waals surface area contributed by atoms with Gasteiger partial charge in [0.05, 0.1) is 5.75 Å². The van der Waals surface area contributed by atoms with Crippen molar-refractivity contribution in [3.05, 3.63) is 77.1 Å². The second-order valence-electron chi connectivity index (χ2n) is 6.07. The first-order valence-corrected chi connectivity index (χ1v) is 9.79. The van der Waals surface area contributed by atoms with Gasteiger partial charge < -0.3 is 5.32 Å². The number of aromatic nitrogens is 3. The molecule has 2 aromatic carbocycles. The van der Waals surface area contributed by atoms with Gasteiger partial charge in [-0.1, -0.05) is 72.4 Å². The fourth-order valence-corrected chi connectivity index (χ4v) is 3.15. The lowest BCUT2D eigenvalue weighted by Crippen LogP contribution is -2.27. The zero-order chi connectivity index (χ0) is 18.9. The zero-order valence-electron chi connectivity index (χ0n) is 15.2. The van der Waals surface area contributed by atoms with Gasteiger partial charge in [0, 0.05) is 6.54 Å². The number of benzene rings is 2. The molecule has 0 bridgehead atoms. The van der Waals surface area contributed by atoms with Gasteiger partial charge in [-0.2, -0.15) is 0 Å². The lowest BCUT2D eigenvalue weighted by Gasteiger charge is -2.04. The Bertz CT molecular complexity index is 905. The van der Waals surface area contributed by atoms with Gasteiger partial charge >= 0.3 is 0 Å². The minimum absolute atomic E-state index is 0.0160. The minimum Gasteiger partial charge on any atom is -0.355 e. The maximum atomic E-state index is 11.9. The third-order valence-corrected chi connectivity index (χ3v) is 4.85. The standard InChI is InChI=1S/C21H22N4OS/c1-16-7-5-6-10-18(16)11-12-19-23-21(25-24-19)27-15-20(26)22-14-13-17-8-3-2-4-9-17/h2-12H,13-15H2,1H3,(H,22,26)(H,23,24,25)/b12-11+. The van der Waals surface area contributed by atoms with Crippen LogP contribution in [0.1, 0.15) is 22.5 Å². The van der Waals surface area contributed by atoms with Crippen molar-refractivity contribution in [2.75, 3.05) is 12.3 Å². The summed E-state index contributed by atoms with van der Waals surface area (Å²) in [6.07, 6.45) is 4.71. The van der Waals surface area contributed by atoms with Crippen LogP contribution in [0.5, 0.6) is 0 Å². The summed E-state index contributed by atoms with van der Waals surface area (Å²) in [4.78, 5) is 16.3. The molecule has 0 spiro atoms. The molecule has 0 aliphatic rings. The summed E-state index contributed by atoms with van der Waals surface area (Å²) >= 11 is 1.32. The highest BCUT2D eigenvalue weighted by atomic mass is 32.2. The molecule has 1 aromatic heterocycles. The number of H-pyrrole nitrogens is 1. The van der Waals surface area contributed by atoms with Gasteiger partial charge in [0.2, 0.25) is 11.1 Å². The number of aryl methyl sites for hydroxylation is 1. The van der Waals surface area contributed by atoms with Gasteiger partial charge in [0.1, 0.15) is 5.82 Å². The van der Waals surface area contributed by atoms with Crippen molar-refractivity contribution in [1.82, 2.24) is 20.5 Å². The Kier molecular flexibility index (Phi) is 6.82. The van der Waals surface area contributed by atoms with Crippen molar-refractivity contribution in [3.8, 4) is 0 Å². The van der Waals surface area contributed by atoms with Gasteiger partial charge in [0.25, 0.3) is 0 Å². The molecule has 0 radical (unpaired) electrons. The third-order valence-electron chi connectivity index (χ3n) is 4.00. The molecule has 3 aromatic rings. The highest BCUT2D eigenvalue weighted by Gasteiger charge is 2.06. The number of nitrogens with zero attached hydrogens (tertiary/aromatic N) is 2. The van der Waals surface area contributed by atoms with Gasteiger partial charge in [-0.15, -0.1) is 5.10 Å². The topological polar surface area (TPSA) is 70.7 Å². The van der Waals surface area contributed by atoms with Crippen molar-refractivity contribution >= 4 is 29.8 Å². The Hall–Kier alpha value is -2.86. The van der Waals surface area contributed by atoms with Gasteiger partial charge in [-0.25, -0.2) is 4.98 Å². The number of aromatic amines is 1. The second kappa shape index (κ2) is 9.73. The van der Waals surface area contributed by atoms with Gasteiger partial charge in [-0.3, -0.25) is 9.89 Å². The Labute approximate surface area is 163 Å². The van der Waals surface area contributed by atoms with Crippen molar-refractivity contribution in [2.24, 2.45) is 0 Å². The summed E-state index contributed by atoms with van der Waals surface area (Å²) in [6, 6.07) is 18.2. The number of carbonyl (C=O) groups is 1. The summed E-state index contributed by atoms with van der Waals surface area (Å²) in [5.41, 5.74) is 3.56. The number of rotatable bonds is 8. The SMILES string of the molecule is Cc1ccccc1/C=C/c1nc(SCC(=O)NCCc2ccccc2)n[nH]1. The van der Waals surface area contributed by atoms with E-state index in [0.29, 0.717) is 23.3 Å². The van der Waals surface area contributed by atoms with Crippen LogP contribution in [0.3, 0.4) is 0 Å². The van der Waals surface area contributed by atoms with E-state index < -0.39 is 0 Å². The number of hydrogen-bond donors (Lipinski definition) is 2. The molecule has 1 heterocycles. The average Bonchev–Trinajstić information content (AvgIpc) is 3.14. The van der Waals surface area contributed by atoms with Crippen LogP contribution in [-0.2, 0) is 11.2 Å². The van der Waals surface area contributed by atoms with Crippen LogP contribution in [-0.4, -0.2) is 33.4 Å². The van der Waals surface area contributed by atoms with Crippen molar-refractivity contribution in [3.63, 3.8) is 0 Å². The number of thioether (sulfide) groups is 1.